The van der Waals surface area contributed by atoms with Crippen molar-refractivity contribution >= 4 is 27.8 Å². The van der Waals surface area contributed by atoms with Crippen molar-refractivity contribution in [3.05, 3.63) is 60.7 Å². The van der Waals surface area contributed by atoms with E-state index in [0.29, 0.717) is 11.3 Å². The number of rotatable bonds is 3. The first-order chi connectivity index (χ1) is 9.36. The third-order valence-corrected chi connectivity index (χ3v) is 7.59. The highest BCUT2D eigenvalue weighted by Gasteiger charge is 2.32. The van der Waals surface area contributed by atoms with Crippen molar-refractivity contribution in [2.45, 2.75) is 11.3 Å². The Labute approximate surface area is 118 Å². The van der Waals surface area contributed by atoms with Gasteiger partial charge in [0.1, 0.15) is 0 Å². The van der Waals surface area contributed by atoms with Crippen molar-refractivity contribution in [2.24, 2.45) is 0 Å². The lowest BCUT2D eigenvalue weighted by atomic mass is 10.3. The van der Waals surface area contributed by atoms with Gasteiger partial charge in [0.25, 0.3) is 0 Å². The van der Waals surface area contributed by atoms with Crippen LogP contribution in [0.25, 0.3) is 0 Å². The van der Waals surface area contributed by atoms with Crippen molar-refractivity contribution < 1.29 is 0 Å². The molecule has 0 amide bonds. The van der Waals surface area contributed by atoms with Crippen LogP contribution in [0.5, 0.6) is 0 Å². The molecule has 3 heteroatoms. The number of benzene rings is 2. The van der Waals surface area contributed by atoms with Crippen molar-refractivity contribution in [3.8, 4) is 0 Å². The first-order valence-electron chi connectivity index (χ1n) is 6.72. The molecule has 1 fully saturated rings. The summed E-state index contributed by atoms with van der Waals surface area (Å²) in [5.41, 5.74) is 1.39. The van der Waals surface area contributed by atoms with Gasteiger partial charge in [-0.05, 0) is 24.2 Å². The molecule has 0 bridgehead atoms. The first-order valence-corrected chi connectivity index (χ1v) is 8.79. The van der Waals surface area contributed by atoms with Gasteiger partial charge in [-0.15, -0.1) is 9.24 Å². The van der Waals surface area contributed by atoms with Crippen LogP contribution in [0.4, 0.5) is 0 Å². The fraction of sp³-hybridized carbons (Fsp3) is 0.250. The first kappa shape index (κ1) is 13.3. The Balaban J connectivity index is 2.01. The van der Waals surface area contributed by atoms with Crippen LogP contribution in [0.3, 0.4) is 0 Å². The summed E-state index contributed by atoms with van der Waals surface area (Å²) >= 11 is 0. The van der Waals surface area contributed by atoms with E-state index in [4.69, 9.17) is 0 Å². The van der Waals surface area contributed by atoms with Crippen molar-refractivity contribution in [1.82, 2.24) is 5.32 Å². The molecule has 0 aliphatic carbocycles. The molecular weight excluding hydrogens is 268 g/mol. The predicted octanol–water partition coefficient (Wildman–Crippen LogP) is 2.33. The Morgan fingerprint density at radius 1 is 0.842 bits per heavy atom. The van der Waals surface area contributed by atoms with Crippen LogP contribution in [0.15, 0.2) is 60.7 Å². The van der Waals surface area contributed by atoms with Gasteiger partial charge >= 0.3 is 0 Å². The van der Waals surface area contributed by atoms with Gasteiger partial charge in [-0.1, -0.05) is 60.7 Å². The molecular formula is C16H19NP2. The third kappa shape index (κ3) is 2.90. The van der Waals surface area contributed by atoms with Crippen LogP contribution in [0.1, 0.15) is 0 Å². The summed E-state index contributed by atoms with van der Waals surface area (Å²) in [6, 6.07) is 22.0. The maximum Gasteiger partial charge on any atom is 0.00714 e. The lowest BCUT2D eigenvalue weighted by Crippen LogP contribution is -2.27. The number of hydrogen-bond donors (Lipinski definition) is 1. The van der Waals surface area contributed by atoms with E-state index in [2.05, 4.69) is 75.2 Å². The fourth-order valence-corrected chi connectivity index (χ4v) is 6.35. The molecule has 2 aromatic rings. The maximum absolute atomic E-state index is 3.54. The molecule has 1 aliphatic rings. The molecule has 0 radical (unpaired) electrons. The maximum atomic E-state index is 3.54. The highest BCUT2D eigenvalue weighted by Crippen LogP contribution is 2.44. The Morgan fingerprint density at radius 2 is 1.37 bits per heavy atom. The topological polar surface area (TPSA) is 12.0 Å². The molecule has 3 unspecified atom stereocenters. The normalized spacial score (nSPS) is 22.8. The quantitative estimate of drug-likeness (QED) is 0.854. The second-order valence-corrected chi connectivity index (χ2v) is 8.22. The molecule has 1 saturated heterocycles. The molecule has 0 spiro atoms. The summed E-state index contributed by atoms with van der Waals surface area (Å²) in [4.78, 5) is 0. The highest BCUT2D eigenvalue weighted by atomic mass is 31.1. The summed E-state index contributed by atoms with van der Waals surface area (Å²) in [7, 11) is 2.76. The molecule has 2 aromatic carbocycles. The second-order valence-electron chi connectivity index (χ2n) is 4.93. The lowest BCUT2D eigenvalue weighted by Gasteiger charge is -2.27. The summed E-state index contributed by atoms with van der Waals surface area (Å²) in [6.07, 6.45) is 0. The molecule has 0 aromatic heterocycles. The van der Waals surface area contributed by atoms with E-state index in [1.165, 1.54) is 10.6 Å². The van der Waals surface area contributed by atoms with Gasteiger partial charge in [-0.2, -0.15) is 0 Å². The molecule has 1 N–H and O–H groups in total. The van der Waals surface area contributed by atoms with Gasteiger partial charge in [-0.3, -0.25) is 0 Å². The van der Waals surface area contributed by atoms with Crippen LogP contribution in [-0.4, -0.2) is 24.4 Å². The summed E-state index contributed by atoms with van der Waals surface area (Å²) < 4.78 is 0. The molecule has 3 rings (SSSR count). The third-order valence-electron chi connectivity index (χ3n) is 3.63. The number of hydrogen-bond acceptors (Lipinski definition) is 1. The SMILES string of the molecule is PC1CNCC1P(c1ccccc1)c1ccccc1. The average molecular weight is 287 g/mol. The van der Waals surface area contributed by atoms with Crippen molar-refractivity contribution in [3.63, 3.8) is 0 Å². The molecule has 98 valence electrons. The zero-order valence-electron chi connectivity index (χ0n) is 10.9. The van der Waals surface area contributed by atoms with Gasteiger partial charge < -0.3 is 5.32 Å². The van der Waals surface area contributed by atoms with Gasteiger partial charge in [0.15, 0.2) is 0 Å². The Bertz CT molecular complexity index is 475. The molecule has 1 nitrogen and oxygen atoms in total. The standard InChI is InChI=1S/C16H19NP2/c18-15-11-17-12-16(15)19(13-7-3-1-4-8-13)14-9-5-2-6-10-14/h1-10,15-17H,11-12,18H2. The van der Waals surface area contributed by atoms with E-state index in [0.717, 1.165) is 13.1 Å². The van der Waals surface area contributed by atoms with E-state index in [9.17, 15) is 0 Å². The van der Waals surface area contributed by atoms with E-state index < -0.39 is 0 Å². The van der Waals surface area contributed by atoms with E-state index in [-0.39, 0.29) is 7.92 Å². The molecule has 19 heavy (non-hydrogen) atoms. The zero-order chi connectivity index (χ0) is 13.1. The fourth-order valence-electron chi connectivity index (χ4n) is 2.68. The van der Waals surface area contributed by atoms with E-state index >= 15 is 0 Å². The zero-order valence-corrected chi connectivity index (χ0v) is 12.9. The average Bonchev–Trinajstić information content (AvgIpc) is 2.88. The highest BCUT2D eigenvalue weighted by molar-refractivity contribution is 7.74. The minimum Gasteiger partial charge on any atom is -0.315 e. The summed E-state index contributed by atoms with van der Waals surface area (Å²) in [6.45, 7) is 2.25. The van der Waals surface area contributed by atoms with Crippen LogP contribution >= 0.6 is 17.2 Å². The van der Waals surface area contributed by atoms with Crippen LogP contribution < -0.4 is 15.9 Å². The second kappa shape index (κ2) is 6.14. The van der Waals surface area contributed by atoms with Crippen LogP contribution in [0, 0.1) is 0 Å². The summed E-state index contributed by atoms with van der Waals surface area (Å²) in [5.74, 6) is 0. The molecule has 3 atom stereocenters. The van der Waals surface area contributed by atoms with Gasteiger partial charge in [0, 0.05) is 18.7 Å². The van der Waals surface area contributed by atoms with Crippen LogP contribution in [0.2, 0.25) is 0 Å². The largest absolute Gasteiger partial charge is 0.315 e. The van der Waals surface area contributed by atoms with Crippen LogP contribution in [-0.2, 0) is 0 Å². The Kier molecular flexibility index (Phi) is 4.28. The van der Waals surface area contributed by atoms with Gasteiger partial charge in [-0.25, -0.2) is 0 Å². The van der Waals surface area contributed by atoms with Gasteiger partial charge in [0.2, 0.25) is 0 Å². The molecule has 1 heterocycles. The minimum absolute atomic E-state index is 0.275. The van der Waals surface area contributed by atoms with Gasteiger partial charge in [0.05, 0.1) is 0 Å². The Hall–Kier alpha value is -0.740. The van der Waals surface area contributed by atoms with E-state index in [1.807, 2.05) is 0 Å². The van der Waals surface area contributed by atoms with E-state index in [1.54, 1.807) is 0 Å². The predicted molar refractivity (Wildman–Crippen MR) is 89.2 cm³/mol. The monoisotopic (exact) mass is 287 g/mol. The number of nitrogens with one attached hydrogen (secondary N) is 1. The van der Waals surface area contributed by atoms with Crippen molar-refractivity contribution in [2.75, 3.05) is 13.1 Å². The summed E-state index contributed by atoms with van der Waals surface area (Å²) in [5, 5.41) is 6.52. The molecule has 0 saturated carbocycles. The Morgan fingerprint density at radius 3 is 1.79 bits per heavy atom. The smallest absolute Gasteiger partial charge is 0.00714 e. The van der Waals surface area contributed by atoms with Crippen molar-refractivity contribution in [1.29, 1.82) is 0 Å². The molecule has 1 aliphatic heterocycles. The lowest BCUT2D eigenvalue weighted by molar-refractivity contribution is 0.860. The minimum atomic E-state index is -0.275.